The average molecular weight is 242 g/mol. The van der Waals surface area contributed by atoms with Crippen LogP contribution in [0.5, 0.6) is 0 Å². The quantitative estimate of drug-likeness (QED) is 0.587. The Morgan fingerprint density at radius 1 is 1.11 bits per heavy atom. The van der Waals surface area contributed by atoms with Crippen LogP contribution < -0.4 is 11.5 Å². The molecule has 0 radical (unpaired) electrons. The molecule has 1 aromatic rings. The predicted octanol–water partition coefficient (Wildman–Crippen LogP) is 3.20. The second kappa shape index (κ2) is 4.29. The van der Waals surface area contributed by atoms with Crippen LogP contribution in [0.15, 0.2) is 35.9 Å². The largest absolute Gasteiger partial charge is 0.398 e. The van der Waals surface area contributed by atoms with E-state index in [1.54, 1.807) is 0 Å². The highest BCUT2D eigenvalue weighted by Crippen LogP contribution is 2.32. The maximum Gasteiger partial charge on any atom is 0.0524 e. The van der Waals surface area contributed by atoms with E-state index >= 15 is 0 Å². The SMILES string of the molecule is CC1=CC(c2cc(C)c(N)c(C)c2)C=CC1(C)N. The van der Waals surface area contributed by atoms with E-state index in [1.807, 2.05) is 6.92 Å². The highest BCUT2D eigenvalue weighted by molar-refractivity contribution is 5.56. The number of aryl methyl sites for hydroxylation is 2. The molecular weight excluding hydrogens is 220 g/mol. The third-order valence-corrected chi connectivity index (χ3v) is 3.93. The van der Waals surface area contributed by atoms with Crippen LogP contribution in [-0.2, 0) is 0 Å². The van der Waals surface area contributed by atoms with Gasteiger partial charge in [0.15, 0.2) is 0 Å². The molecule has 96 valence electrons. The summed E-state index contributed by atoms with van der Waals surface area (Å²) in [5.74, 6) is 0.305. The van der Waals surface area contributed by atoms with Crippen molar-refractivity contribution in [3.63, 3.8) is 0 Å². The van der Waals surface area contributed by atoms with E-state index in [0.29, 0.717) is 5.92 Å². The Labute approximate surface area is 109 Å². The summed E-state index contributed by atoms with van der Waals surface area (Å²) in [7, 11) is 0. The van der Waals surface area contributed by atoms with Crippen molar-refractivity contribution >= 4 is 5.69 Å². The topological polar surface area (TPSA) is 52.0 Å². The standard InChI is InChI=1S/C16H22N2/c1-10-7-14(8-11(2)15(10)17)13-5-6-16(4,18)12(3)9-13/h5-9,13H,17-18H2,1-4H3. The summed E-state index contributed by atoms with van der Waals surface area (Å²) >= 11 is 0. The number of hydrogen-bond donors (Lipinski definition) is 2. The lowest BCUT2D eigenvalue weighted by atomic mass is 9.82. The second-order valence-corrected chi connectivity index (χ2v) is 5.59. The van der Waals surface area contributed by atoms with Crippen LogP contribution in [0.25, 0.3) is 0 Å². The molecule has 4 N–H and O–H groups in total. The Morgan fingerprint density at radius 2 is 1.67 bits per heavy atom. The van der Waals surface area contributed by atoms with E-state index in [0.717, 1.165) is 16.8 Å². The molecule has 0 fully saturated rings. The highest BCUT2D eigenvalue weighted by Gasteiger charge is 2.23. The molecule has 1 aromatic carbocycles. The van der Waals surface area contributed by atoms with E-state index in [2.05, 4.69) is 51.1 Å². The lowest BCUT2D eigenvalue weighted by molar-refractivity contribution is 0.662. The zero-order chi connectivity index (χ0) is 13.5. The first kappa shape index (κ1) is 12.9. The minimum atomic E-state index is -0.311. The van der Waals surface area contributed by atoms with Gasteiger partial charge in [-0.05, 0) is 44.4 Å². The van der Waals surface area contributed by atoms with Crippen LogP contribution in [0.4, 0.5) is 5.69 Å². The maximum absolute atomic E-state index is 6.17. The monoisotopic (exact) mass is 242 g/mol. The van der Waals surface area contributed by atoms with Crippen molar-refractivity contribution in [1.82, 2.24) is 0 Å². The van der Waals surface area contributed by atoms with Crippen LogP contribution in [-0.4, -0.2) is 5.54 Å². The van der Waals surface area contributed by atoms with Gasteiger partial charge in [0.25, 0.3) is 0 Å². The minimum Gasteiger partial charge on any atom is -0.398 e. The molecule has 2 unspecified atom stereocenters. The minimum absolute atomic E-state index is 0.305. The number of nitrogens with two attached hydrogens (primary N) is 2. The number of rotatable bonds is 1. The van der Waals surface area contributed by atoms with Gasteiger partial charge in [-0.3, -0.25) is 0 Å². The van der Waals surface area contributed by atoms with Gasteiger partial charge < -0.3 is 11.5 Å². The zero-order valence-electron chi connectivity index (χ0n) is 11.6. The molecule has 0 bridgehead atoms. The summed E-state index contributed by atoms with van der Waals surface area (Å²) in [6, 6.07) is 4.33. The van der Waals surface area contributed by atoms with E-state index in [-0.39, 0.29) is 5.54 Å². The van der Waals surface area contributed by atoms with Crippen molar-refractivity contribution in [1.29, 1.82) is 0 Å². The van der Waals surface area contributed by atoms with E-state index < -0.39 is 0 Å². The molecule has 0 aromatic heterocycles. The molecule has 2 rings (SSSR count). The van der Waals surface area contributed by atoms with Crippen molar-refractivity contribution in [3.05, 3.63) is 52.6 Å². The van der Waals surface area contributed by atoms with Crippen LogP contribution in [0, 0.1) is 13.8 Å². The molecule has 0 saturated carbocycles. The highest BCUT2D eigenvalue weighted by atomic mass is 14.7. The predicted molar refractivity (Wildman–Crippen MR) is 78.6 cm³/mol. The van der Waals surface area contributed by atoms with Gasteiger partial charge in [0.1, 0.15) is 0 Å². The van der Waals surface area contributed by atoms with Gasteiger partial charge in [0.05, 0.1) is 5.54 Å². The molecule has 2 atom stereocenters. The first-order valence-electron chi connectivity index (χ1n) is 6.35. The summed E-state index contributed by atoms with van der Waals surface area (Å²) in [4.78, 5) is 0. The van der Waals surface area contributed by atoms with Gasteiger partial charge >= 0.3 is 0 Å². The Balaban J connectivity index is 2.41. The fourth-order valence-electron chi connectivity index (χ4n) is 2.35. The molecule has 0 aliphatic heterocycles. The normalized spacial score (nSPS) is 27.2. The number of benzene rings is 1. The van der Waals surface area contributed by atoms with Gasteiger partial charge in [-0.1, -0.05) is 35.9 Å². The molecule has 2 heteroatoms. The van der Waals surface area contributed by atoms with Gasteiger partial charge in [-0.2, -0.15) is 0 Å². The van der Waals surface area contributed by atoms with Crippen LogP contribution in [0.3, 0.4) is 0 Å². The van der Waals surface area contributed by atoms with Crippen LogP contribution in [0.2, 0.25) is 0 Å². The third kappa shape index (κ3) is 2.21. The Morgan fingerprint density at radius 3 is 2.17 bits per heavy atom. The van der Waals surface area contributed by atoms with Gasteiger partial charge in [-0.25, -0.2) is 0 Å². The number of nitrogen functional groups attached to an aromatic ring is 1. The number of anilines is 1. The average Bonchev–Trinajstić information content (AvgIpc) is 2.29. The summed E-state index contributed by atoms with van der Waals surface area (Å²) < 4.78 is 0. The van der Waals surface area contributed by atoms with Crippen LogP contribution in [0.1, 0.15) is 36.5 Å². The molecule has 0 heterocycles. The Kier molecular flexibility index (Phi) is 3.07. The van der Waals surface area contributed by atoms with Gasteiger partial charge in [0.2, 0.25) is 0 Å². The number of hydrogen-bond acceptors (Lipinski definition) is 2. The number of allylic oxidation sites excluding steroid dienone is 2. The van der Waals surface area contributed by atoms with E-state index in [1.165, 1.54) is 11.1 Å². The molecule has 0 saturated heterocycles. The van der Waals surface area contributed by atoms with Crippen LogP contribution >= 0.6 is 0 Å². The summed E-state index contributed by atoms with van der Waals surface area (Å²) in [5.41, 5.74) is 17.5. The molecule has 18 heavy (non-hydrogen) atoms. The molecule has 1 aliphatic rings. The fraction of sp³-hybridized carbons (Fsp3) is 0.375. The summed E-state index contributed by atoms with van der Waals surface area (Å²) in [5, 5.41) is 0. The zero-order valence-corrected chi connectivity index (χ0v) is 11.6. The third-order valence-electron chi connectivity index (χ3n) is 3.93. The molecule has 1 aliphatic carbocycles. The molecular formula is C16H22N2. The van der Waals surface area contributed by atoms with Crippen molar-refractivity contribution in [2.24, 2.45) is 5.73 Å². The van der Waals surface area contributed by atoms with Crippen molar-refractivity contribution < 1.29 is 0 Å². The smallest absolute Gasteiger partial charge is 0.0524 e. The lowest BCUT2D eigenvalue weighted by Crippen LogP contribution is -2.36. The van der Waals surface area contributed by atoms with Gasteiger partial charge in [0, 0.05) is 11.6 Å². The van der Waals surface area contributed by atoms with E-state index in [9.17, 15) is 0 Å². The van der Waals surface area contributed by atoms with Crippen molar-refractivity contribution in [2.75, 3.05) is 5.73 Å². The molecule has 0 amide bonds. The molecule has 0 spiro atoms. The first-order chi connectivity index (χ1) is 8.31. The molecule has 2 nitrogen and oxygen atoms in total. The lowest BCUT2D eigenvalue weighted by Gasteiger charge is -2.28. The second-order valence-electron chi connectivity index (χ2n) is 5.59. The van der Waals surface area contributed by atoms with Crippen molar-refractivity contribution in [3.8, 4) is 0 Å². The van der Waals surface area contributed by atoms with Crippen molar-refractivity contribution in [2.45, 2.75) is 39.2 Å². The maximum atomic E-state index is 6.17. The summed E-state index contributed by atoms with van der Waals surface area (Å²) in [6.07, 6.45) is 6.51. The Bertz CT molecular complexity index is 513. The van der Waals surface area contributed by atoms with Gasteiger partial charge in [-0.15, -0.1) is 0 Å². The Hall–Kier alpha value is -1.54. The van der Waals surface area contributed by atoms with E-state index in [4.69, 9.17) is 11.5 Å². The first-order valence-corrected chi connectivity index (χ1v) is 6.35. The fourth-order valence-corrected chi connectivity index (χ4v) is 2.35. The summed E-state index contributed by atoms with van der Waals surface area (Å²) in [6.45, 7) is 8.24.